The first-order valence-corrected chi connectivity index (χ1v) is 5.80. The molecule has 0 atom stereocenters. The Morgan fingerprint density at radius 2 is 2.06 bits per heavy atom. The quantitative estimate of drug-likeness (QED) is 0.874. The summed E-state index contributed by atoms with van der Waals surface area (Å²) in [5, 5.41) is 6.57. The van der Waals surface area contributed by atoms with Gasteiger partial charge in [0.25, 0.3) is 5.91 Å². The maximum atomic E-state index is 11.8. The fourth-order valence-corrected chi connectivity index (χ4v) is 1.93. The molecular formula is C11H14Cl2N2O. The minimum absolute atomic E-state index is 0.171. The molecule has 0 aromatic heterocycles. The smallest absolute Gasteiger partial charge is 0.253 e. The van der Waals surface area contributed by atoms with Crippen LogP contribution in [0.1, 0.15) is 23.7 Å². The normalized spacial score (nSPS) is 10.0. The number of amides is 1. The molecule has 0 saturated carbocycles. The Hall–Kier alpha value is -0.930. The van der Waals surface area contributed by atoms with Crippen molar-refractivity contribution in [3.8, 4) is 0 Å². The van der Waals surface area contributed by atoms with Crippen LogP contribution in [-0.4, -0.2) is 19.5 Å². The lowest BCUT2D eigenvalue weighted by Gasteiger charge is -2.11. The minimum Gasteiger partial charge on any atom is -0.386 e. The van der Waals surface area contributed by atoms with Gasteiger partial charge in [-0.15, -0.1) is 0 Å². The van der Waals surface area contributed by atoms with Gasteiger partial charge in [0, 0.05) is 18.6 Å². The van der Waals surface area contributed by atoms with E-state index in [-0.39, 0.29) is 5.91 Å². The minimum atomic E-state index is -0.171. The van der Waals surface area contributed by atoms with Gasteiger partial charge >= 0.3 is 0 Å². The summed E-state index contributed by atoms with van der Waals surface area (Å²) in [5.41, 5.74) is 1.06. The van der Waals surface area contributed by atoms with Crippen LogP contribution in [0.4, 0.5) is 5.69 Å². The molecule has 0 spiro atoms. The van der Waals surface area contributed by atoms with Crippen LogP contribution in [0.5, 0.6) is 0 Å². The number of rotatable bonds is 4. The number of nitrogens with one attached hydrogen (secondary N) is 2. The lowest BCUT2D eigenvalue weighted by atomic mass is 10.1. The van der Waals surface area contributed by atoms with Gasteiger partial charge in [-0.1, -0.05) is 30.1 Å². The molecule has 0 aliphatic heterocycles. The highest BCUT2D eigenvalue weighted by atomic mass is 35.5. The van der Waals surface area contributed by atoms with Gasteiger partial charge in [0.05, 0.1) is 16.3 Å². The van der Waals surface area contributed by atoms with Crippen LogP contribution < -0.4 is 10.6 Å². The second-order valence-corrected chi connectivity index (χ2v) is 4.16. The highest BCUT2D eigenvalue weighted by molar-refractivity contribution is 6.37. The van der Waals surface area contributed by atoms with Gasteiger partial charge in [-0.25, -0.2) is 0 Å². The van der Waals surface area contributed by atoms with Crippen molar-refractivity contribution < 1.29 is 4.79 Å². The van der Waals surface area contributed by atoms with Gasteiger partial charge < -0.3 is 10.6 Å². The van der Waals surface area contributed by atoms with Crippen LogP contribution in [0.3, 0.4) is 0 Å². The van der Waals surface area contributed by atoms with Gasteiger partial charge in [0.2, 0.25) is 0 Å². The molecule has 3 nitrogen and oxygen atoms in total. The molecule has 0 radical (unpaired) electrons. The van der Waals surface area contributed by atoms with Crippen molar-refractivity contribution >= 4 is 34.8 Å². The van der Waals surface area contributed by atoms with Gasteiger partial charge in [-0.05, 0) is 18.6 Å². The number of carbonyl (C=O) groups is 1. The van der Waals surface area contributed by atoms with Crippen LogP contribution in [0.2, 0.25) is 10.0 Å². The van der Waals surface area contributed by atoms with E-state index in [0.717, 1.165) is 6.42 Å². The van der Waals surface area contributed by atoms with Gasteiger partial charge in [-0.2, -0.15) is 0 Å². The van der Waals surface area contributed by atoms with E-state index in [1.165, 1.54) is 0 Å². The summed E-state index contributed by atoms with van der Waals surface area (Å²) in [6.07, 6.45) is 0.884. The lowest BCUT2D eigenvalue weighted by Crippen LogP contribution is -2.24. The van der Waals surface area contributed by atoms with Crippen LogP contribution >= 0.6 is 23.2 Å². The highest BCUT2D eigenvalue weighted by Crippen LogP contribution is 2.29. The van der Waals surface area contributed by atoms with Crippen molar-refractivity contribution in [1.29, 1.82) is 0 Å². The number of hydrogen-bond donors (Lipinski definition) is 2. The Morgan fingerprint density at radius 1 is 1.38 bits per heavy atom. The Kier molecular flexibility index (Phi) is 4.90. The van der Waals surface area contributed by atoms with Crippen molar-refractivity contribution in [1.82, 2.24) is 5.32 Å². The predicted molar refractivity (Wildman–Crippen MR) is 68.6 cm³/mol. The summed E-state index contributed by atoms with van der Waals surface area (Å²) < 4.78 is 0. The fraction of sp³-hybridized carbons (Fsp3) is 0.364. The molecule has 16 heavy (non-hydrogen) atoms. The number of halogens is 2. The summed E-state index contributed by atoms with van der Waals surface area (Å²) >= 11 is 11.9. The molecule has 0 unspecified atom stereocenters. The van der Waals surface area contributed by atoms with E-state index in [1.54, 1.807) is 19.2 Å². The summed E-state index contributed by atoms with van der Waals surface area (Å²) in [7, 11) is 1.71. The molecule has 0 bridgehead atoms. The molecule has 1 amide bonds. The zero-order valence-electron chi connectivity index (χ0n) is 9.23. The number of hydrogen-bond acceptors (Lipinski definition) is 2. The Labute approximate surface area is 105 Å². The topological polar surface area (TPSA) is 41.1 Å². The third kappa shape index (κ3) is 3.03. The molecule has 0 heterocycles. The second kappa shape index (κ2) is 5.97. The van der Waals surface area contributed by atoms with Gasteiger partial charge in [0.1, 0.15) is 0 Å². The van der Waals surface area contributed by atoms with E-state index >= 15 is 0 Å². The molecule has 0 aliphatic rings. The lowest BCUT2D eigenvalue weighted by molar-refractivity contribution is 0.0954. The third-order valence-corrected chi connectivity index (χ3v) is 2.60. The van der Waals surface area contributed by atoms with Crippen LogP contribution in [0, 0.1) is 0 Å². The molecule has 5 heteroatoms. The highest BCUT2D eigenvalue weighted by Gasteiger charge is 2.14. The van der Waals surface area contributed by atoms with E-state index in [2.05, 4.69) is 10.6 Å². The van der Waals surface area contributed by atoms with Crippen molar-refractivity contribution in [2.24, 2.45) is 0 Å². The summed E-state index contributed by atoms with van der Waals surface area (Å²) in [5.74, 6) is -0.171. The summed E-state index contributed by atoms with van der Waals surface area (Å²) in [6, 6.07) is 3.20. The summed E-state index contributed by atoms with van der Waals surface area (Å²) in [4.78, 5) is 11.8. The molecule has 1 aromatic rings. The number of benzene rings is 1. The average molecular weight is 261 g/mol. The molecule has 1 aromatic carbocycles. The van der Waals surface area contributed by atoms with Crippen molar-refractivity contribution in [2.75, 3.05) is 18.9 Å². The Morgan fingerprint density at radius 3 is 2.62 bits per heavy atom. The number of anilines is 1. The molecule has 0 saturated heterocycles. The Balaban J connectivity index is 3.05. The van der Waals surface area contributed by atoms with Crippen LogP contribution in [-0.2, 0) is 0 Å². The van der Waals surface area contributed by atoms with E-state index in [9.17, 15) is 4.79 Å². The first-order chi connectivity index (χ1) is 7.60. The Bertz CT molecular complexity index is 394. The van der Waals surface area contributed by atoms with Crippen molar-refractivity contribution in [3.63, 3.8) is 0 Å². The van der Waals surface area contributed by atoms with E-state index in [4.69, 9.17) is 23.2 Å². The molecule has 2 N–H and O–H groups in total. The molecule has 1 rings (SSSR count). The fourth-order valence-electron chi connectivity index (χ4n) is 1.34. The molecule has 0 fully saturated rings. The second-order valence-electron chi connectivity index (χ2n) is 3.32. The average Bonchev–Trinajstić information content (AvgIpc) is 2.24. The van der Waals surface area contributed by atoms with E-state index in [1.807, 2.05) is 6.92 Å². The predicted octanol–water partition coefficient (Wildman–Crippen LogP) is 3.17. The van der Waals surface area contributed by atoms with Crippen LogP contribution in [0.15, 0.2) is 12.1 Å². The first-order valence-electron chi connectivity index (χ1n) is 5.05. The maximum absolute atomic E-state index is 11.8. The standard InChI is InChI=1S/C11H14Cl2N2O/c1-3-4-15-11(16)8-5-7(12)6-9(13)10(8)14-2/h5-6,14H,3-4H2,1-2H3,(H,15,16). The zero-order valence-corrected chi connectivity index (χ0v) is 10.7. The number of carbonyl (C=O) groups excluding carboxylic acids is 1. The van der Waals surface area contributed by atoms with E-state index in [0.29, 0.717) is 27.8 Å². The largest absolute Gasteiger partial charge is 0.386 e. The zero-order chi connectivity index (χ0) is 12.1. The molecular weight excluding hydrogens is 247 g/mol. The van der Waals surface area contributed by atoms with Gasteiger partial charge in [0.15, 0.2) is 0 Å². The molecule has 0 aliphatic carbocycles. The van der Waals surface area contributed by atoms with Gasteiger partial charge in [-0.3, -0.25) is 4.79 Å². The van der Waals surface area contributed by atoms with Crippen LogP contribution in [0.25, 0.3) is 0 Å². The first kappa shape index (κ1) is 13.1. The SMILES string of the molecule is CCCNC(=O)c1cc(Cl)cc(Cl)c1NC. The molecule has 88 valence electrons. The monoisotopic (exact) mass is 260 g/mol. The van der Waals surface area contributed by atoms with Crippen molar-refractivity contribution in [2.45, 2.75) is 13.3 Å². The maximum Gasteiger partial charge on any atom is 0.253 e. The third-order valence-electron chi connectivity index (χ3n) is 2.09. The van der Waals surface area contributed by atoms with Crippen molar-refractivity contribution in [3.05, 3.63) is 27.7 Å². The summed E-state index contributed by atoms with van der Waals surface area (Å²) in [6.45, 7) is 2.62. The van der Waals surface area contributed by atoms with E-state index < -0.39 is 0 Å².